The SMILES string of the molecule is CC(C)[C@@H]1NC(=O)c2cc(ccc2O)Oc2ccc(cc2)C[C@@H](C(=O)NC[C@H]2CCc3ccccc3O2)NC(=O)[C@H](C)NC1=O. The molecule has 3 heterocycles. The van der Waals surface area contributed by atoms with Gasteiger partial charge in [-0.2, -0.15) is 0 Å². The fraction of sp³-hybridized carbons (Fsp3) is 0.353. The molecule has 3 aliphatic rings. The van der Waals surface area contributed by atoms with E-state index in [1.165, 1.54) is 25.1 Å². The molecule has 11 nitrogen and oxygen atoms in total. The number of nitrogens with one attached hydrogen (secondary N) is 4. The fourth-order valence-electron chi connectivity index (χ4n) is 5.32. The van der Waals surface area contributed by atoms with Gasteiger partial charge >= 0.3 is 0 Å². The molecule has 0 aliphatic carbocycles. The predicted molar refractivity (Wildman–Crippen MR) is 166 cm³/mol. The van der Waals surface area contributed by atoms with Crippen LogP contribution in [0.2, 0.25) is 0 Å². The number of amides is 4. The lowest BCUT2D eigenvalue weighted by Gasteiger charge is -2.28. The summed E-state index contributed by atoms with van der Waals surface area (Å²) in [5, 5.41) is 21.4. The van der Waals surface area contributed by atoms with Crippen LogP contribution < -0.4 is 30.7 Å². The van der Waals surface area contributed by atoms with Crippen molar-refractivity contribution in [2.45, 2.75) is 64.3 Å². The molecule has 0 saturated heterocycles. The van der Waals surface area contributed by atoms with Gasteiger partial charge in [0.2, 0.25) is 17.7 Å². The van der Waals surface area contributed by atoms with Gasteiger partial charge in [0, 0.05) is 6.42 Å². The number of fused-ring (bicyclic) bond motifs is 12. The first kappa shape index (κ1) is 31.4. The third-order valence-electron chi connectivity index (χ3n) is 7.94. The molecule has 0 radical (unpaired) electrons. The van der Waals surface area contributed by atoms with Gasteiger partial charge in [-0.15, -0.1) is 0 Å². The molecule has 3 aromatic carbocycles. The molecule has 4 amide bonds. The lowest BCUT2D eigenvalue weighted by Crippen LogP contribution is -2.57. The molecular weight excluding hydrogens is 576 g/mol. The molecule has 11 heteroatoms. The Morgan fingerprint density at radius 2 is 1.69 bits per heavy atom. The maximum Gasteiger partial charge on any atom is 0.255 e. The van der Waals surface area contributed by atoms with E-state index >= 15 is 0 Å². The highest BCUT2D eigenvalue weighted by molar-refractivity contribution is 6.00. The number of benzene rings is 3. The highest BCUT2D eigenvalue weighted by Crippen LogP contribution is 2.29. The Bertz CT molecular complexity index is 1570. The van der Waals surface area contributed by atoms with Gasteiger partial charge in [0.25, 0.3) is 5.91 Å². The molecule has 4 atom stereocenters. The fourth-order valence-corrected chi connectivity index (χ4v) is 5.32. The quantitative estimate of drug-likeness (QED) is 0.283. The van der Waals surface area contributed by atoms with E-state index in [0.29, 0.717) is 11.5 Å². The maximum absolute atomic E-state index is 13.5. The van der Waals surface area contributed by atoms with Crippen molar-refractivity contribution in [1.82, 2.24) is 21.3 Å². The van der Waals surface area contributed by atoms with E-state index in [1.54, 1.807) is 38.1 Å². The molecule has 45 heavy (non-hydrogen) atoms. The number of carbonyl (C=O) groups is 4. The van der Waals surface area contributed by atoms with Crippen molar-refractivity contribution < 1.29 is 33.8 Å². The van der Waals surface area contributed by atoms with Crippen LogP contribution in [0.25, 0.3) is 0 Å². The van der Waals surface area contributed by atoms with Crippen molar-refractivity contribution in [3.05, 3.63) is 83.4 Å². The lowest BCUT2D eigenvalue weighted by atomic mass is 10.0. The highest BCUT2D eigenvalue weighted by Gasteiger charge is 2.31. The number of rotatable bonds is 4. The minimum atomic E-state index is -1.02. The number of ether oxygens (including phenoxy) is 2. The summed E-state index contributed by atoms with van der Waals surface area (Å²) in [6.07, 6.45) is 1.55. The van der Waals surface area contributed by atoms with E-state index in [2.05, 4.69) is 21.3 Å². The zero-order valence-electron chi connectivity index (χ0n) is 25.5. The molecule has 4 bridgehead atoms. The monoisotopic (exact) mass is 614 g/mol. The summed E-state index contributed by atoms with van der Waals surface area (Å²) in [7, 11) is 0. The largest absolute Gasteiger partial charge is 0.507 e. The summed E-state index contributed by atoms with van der Waals surface area (Å²) in [5.41, 5.74) is 1.82. The van der Waals surface area contributed by atoms with Gasteiger partial charge in [0.15, 0.2) is 0 Å². The highest BCUT2D eigenvalue weighted by atomic mass is 16.5. The molecular formula is C34H38N4O7. The number of phenols is 1. The molecule has 3 aliphatic heterocycles. The Hall–Kier alpha value is -5.06. The van der Waals surface area contributed by atoms with E-state index < -0.39 is 35.8 Å². The van der Waals surface area contributed by atoms with Gasteiger partial charge in [0.1, 0.15) is 47.2 Å². The van der Waals surface area contributed by atoms with Crippen molar-refractivity contribution >= 4 is 23.6 Å². The van der Waals surface area contributed by atoms with E-state index in [0.717, 1.165) is 29.7 Å². The van der Waals surface area contributed by atoms with Gasteiger partial charge in [-0.1, -0.05) is 44.2 Å². The minimum absolute atomic E-state index is 0.0637. The number of hydrogen-bond acceptors (Lipinski definition) is 7. The van der Waals surface area contributed by atoms with Gasteiger partial charge < -0.3 is 35.8 Å². The average Bonchev–Trinajstić information content (AvgIpc) is 3.02. The zero-order valence-corrected chi connectivity index (χ0v) is 25.5. The third-order valence-corrected chi connectivity index (χ3v) is 7.94. The number of aryl methyl sites for hydroxylation is 1. The van der Waals surface area contributed by atoms with Crippen LogP contribution in [0, 0.1) is 5.92 Å². The first-order valence-electron chi connectivity index (χ1n) is 15.1. The summed E-state index contributed by atoms with van der Waals surface area (Å²) in [4.78, 5) is 53.1. The van der Waals surface area contributed by atoms with Crippen molar-refractivity contribution in [3.63, 3.8) is 0 Å². The summed E-state index contributed by atoms with van der Waals surface area (Å²) < 4.78 is 12.0. The Morgan fingerprint density at radius 1 is 0.956 bits per heavy atom. The average molecular weight is 615 g/mol. The van der Waals surface area contributed by atoms with Gasteiger partial charge in [0.05, 0.1) is 12.1 Å². The Balaban J connectivity index is 1.37. The Labute approximate surface area is 261 Å². The zero-order chi connectivity index (χ0) is 32.1. The summed E-state index contributed by atoms with van der Waals surface area (Å²) >= 11 is 0. The van der Waals surface area contributed by atoms with Crippen LogP contribution in [0.5, 0.6) is 23.0 Å². The van der Waals surface area contributed by atoms with Crippen LogP contribution in [-0.2, 0) is 27.2 Å². The molecule has 0 unspecified atom stereocenters. The molecule has 0 saturated carbocycles. The van der Waals surface area contributed by atoms with Crippen molar-refractivity contribution in [2.24, 2.45) is 5.92 Å². The van der Waals surface area contributed by atoms with Crippen molar-refractivity contribution in [3.8, 4) is 23.0 Å². The summed E-state index contributed by atoms with van der Waals surface area (Å²) in [6.45, 7) is 5.27. The lowest BCUT2D eigenvalue weighted by molar-refractivity contribution is -0.132. The second kappa shape index (κ2) is 13.7. The van der Waals surface area contributed by atoms with Crippen LogP contribution >= 0.6 is 0 Å². The van der Waals surface area contributed by atoms with Crippen LogP contribution in [0.4, 0.5) is 0 Å². The van der Waals surface area contributed by atoms with E-state index in [1.807, 2.05) is 24.3 Å². The first-order chi connectivity index (χ1) is 21.6. The topological polar surface area (TPSA) is 155 Å². The second-order valence-electron chi connectivity index (χ2n) is 11.7. The minimum Gasteiger partial charge on any atom is -0.507 e. The van der Waals surface area contributed by atoms with Crippen LogP contribution in [0.15, 0.2) is 66.7 Å². The molecule has 6 rings (SSSR count). The normalized spacial score (nSPS) is 22.0. The number of hydrogen-bond donors (Lipinski definition) is 5. The van der Waals surface area contributed by atoms with E-state index in [-0.39, 0.29) is 42.2 Å². The smallest absolute Gasteiger partial charge is 0.255 e. The third kappa shape index (κ3) is 7.72. The number of phenolic OH excluding ortho intramolecular Hbond substituents is 1. The Morgan fingerprint density at radius 3 is 2.44 bits per heavy atom. The molecule has 3 aromatic rings. The van der Waals surface area contributed by atoms with Crippen molar-refractivity contribution in [2.75, 3.05) is 6.54 Å². The Kier molecular flexibility index (Phi) is 9.56. The van der Waals surface area contributed by atoms with E-state index in [9.17, 15) is 24.3 Å². The molecule has 0 fully saturated rings. The first-order valence-corrected chi connectivity index (χ1v) is 15.1. The van der Waals surface area contributed by atoms with Gasteiger partial charge in [-0.25, -0.2) is 0 Å². The molecule has 236 valence electrons. The van der Waals surface area contributed by atoms with Crippen LogP contribution in [0.1, 0.15) is 48.7 Å². The number of carbonyl (C=O) groups excluding carboxylic acids is 4. The predicted octanol–water partition coefficient (Wildman–Crippen LogP) is 2.99. The number of aromatic hydroxyl groups is 1. The maximum atomic E-state index is 13.5. The van der Waals surface area contributed by atoms with Gasteiger partial charge in [-0.05, 0) is 73.2 Å². The van der Waals surface area contributed by atoms with E-state index in [4.69, 9.17) is 9.47 Å². The van der Waals surface area contributed by atoms with Crippen LogP contribution in [-0.4, -0.2) is 59.5 Å². The molecule has 5 N–H and O–H groups in total. The van der Waals surface area contributed by atoms with Crippen molar-refractivity contribution in [1.29, 1.82) is 0 Å². The van der Waals surface area contributed by atoms with Gasteiger partial charge in [-0.3, -0.25) is 19.2 Å². The summed E-state index contributed by atoms with van der Waals surface area (Å²) in [5.74, 6) is -1.25. The molecule has 0 aromatic heterocycles. The second-order valence-corrected chi connectivity index (χ2v) is 11.7. The summed E-state index contributed by atoms with van der Waals surface area (Å²) in [6, 6.07) is 16.1. The molecule has 0 spiro atoms. The van der Waals surface area contributed by atoms with Crippen LogP contribution in [0.3, 0.4) is 0 Å². The standard InChI is InChI=1S/C34H38N4O7/c1-19(2)30-34(43)36-20(3)31(40)37-27(33(42)35-18-25-13-10-22-6-4-5-7-29(22)45-25)16-21-8-11-23(12-9-21)44-24-14-15-28(39)26(17-24)32(41)38-30/h4-9,11-12,14-15,17,19-20,25,27,30,39H,10,13,16,18H2,1-3H3,(H,35,42)(H,36,43)(H,37,40)(H,38,41)/t20-,25+,27-,30-/m0/s1. The number of para-hydroxylation sites is 1.